The highest BCUT2D eigenvalue weighted by Crippen LogP contribution is 2.23. The lowest BCUT2D eigenvalue weighted by molar-refractivity contribution is 0.610. The Labute approximate surface area is 76.8 Å². The first kappa shape index (κ1) is 8.30. The summed E-state index contributed by atoms with van der Waals surface area (Å²) in [5.41, 5.74) is 1.75. The highest BCUT2D eigenvalue weighted by atomic mass is 19.1. The summed E-state index contributed by atoms with van der Waals surface area (Å²) in [7, 11) is 1.91. The van der Waals surface area contributed by atoms with Gasteiger partial charge in [0.1, 0.15) is 0 Å². The minimum absolute atomic E-state index is 0.0689. The van der Waals surface area contributed by atoms with Crippen molar-refractivity contribution in [1.29, 1.82) is 0 Å². The van der Waals surface area contributed by atoms with Gasteiger partial charge in [-0.1, -0.05) is 19.1 Å². The standard InChI is InChI=1S/C11H12FN/c1-3-9-11(12)8-6-4-5-7-10(8)13(9)2/h4-7H,3H2,1-2H3. The quantitative estimate of drug-likeness (QED) is 0.631. The van der Waals surface area contributed by atoms with Crippen LogP contribution >= 0.6 is 0 Å². The second kappa shape index (κ2) is 2.87. The van der Waals surface area contributed by atoms with Gasteiger partial charge in [0.2, 0.25) is 0 Å². The number of para-hydroxylation sites is 1. The van der Waals surface area contributed by atoms with Gasteiger partial charge in [0.25, 0.3) is 0 Å². The summed E-state index contributed by atoms with van der Waals surface area (Å²) in [5.74, 6) is -0.0689. The predicted octanol–water partition coefficient (Wildman–Crippen LogP) is 2.88. The molecular weight excluding hydrogens is 165 g/mol. The number of aryl methyl sites for hydroxylation is 1. The van der Waals surface area contributed by atoms with Crippen LogP contribution in [0.2, 0.25) is 0 Å². The molecule has 68 valence electrons. The molecule has 1 aromatic heterocycles. The maximum atomic E-state index is 13.7. The first-order valence-corrected chi connectivity index (χ1v) is 4.47. The smallest absolute Gasteiger partial charge is 0.151 e. The van der Waals surface area contributed by atoms with Gasteiger partial charge in [-0.2, -0.15) is 0 Å². The van der Waals surface area contributed by atoms with Crippen molar-refractivity contribution >= 4 is 10.9 Å². The summed E-state index contributed by atoms with van der Waals surface area (Å²) in [4.78, 5) is 0. The Hall–Kier alpha value is -1.31. The molecule has 1 heterocycles. The fraction of sp³-hybridized carbons (Fsp3) is 0.273. The Bertz CT molecular complexity index is 404. The van der Waals surface area contributed by atoms with Gasteiger partial charge in [0, 0.05) is 12.4 Å². The molecule has 2 rings (SSSR count). The lowest BCUT2D eigenvalue weighted by Gasteiger charge is -1.99. The number of rotatable bonds is 1. The van der Waals surface area contributed by atoms with Crippen molar-refractivity contribution in [3.8, 4) is 0 Å². The van der Waals surface area contributed by atoms with Crippen molar-refractivity contribution in [2.24, 2.45) is 7.05 Å². The van der Waals surface area contributed by atoms with Crippen molar-refractivity contribution in [3.63, 3.8) is 0 Å². The Morgan fingerprint density at radius 2 is 2.00 bits per heavy atom. The number of benzene rings is 1. The van der Waals surface area contributed by atoms with Crippen molar-refractivity contribution in [3.05, 3.63) is 35.8 Å². The molecule has 0 unspecified atom stereocenters. The van der Waals surface area contributed by atoms with Gasteiger partial charge >= 0.3 is 0 Å². The van der Waals surface area contributed by atoms with Gasteiger partial charge in [-0.15, -0.1) is 0 Å². The van der Waals surface area contributed by atoms with Gasteiger partial charge in [0.15, 0.2) is 5.82 Å². The second-order valence-corrected chi connectivity index (χ2v) is 3.19. The van der Waals surface area contributed by atoms with E-state index in [0.29, 0.717) is 0 Å². The van der Waals surface area contributed by atoms with Crippen molar-refractivity contribution in [2.45, 2.75) is 13.3 Å². The van der Waals surface area contributed by atoms with Gasteiger partial charge in [0.05, 0.1) is 11.2 Å². The number of hydrogen-bond acceptors (Lipinski definition) is 0. The van der Waals surface area contributed by atoms with Gasteiger partial charge in [-0.3, -0.25) is 0 Å². The summed E-state index contributed by atoms with van der Waals surface area (Å²) in [5, 5.41) is 0.724. The molecule has 1 nitrogen and oxygen atoms in total. The van der Waals surface area contributed by atoms with E-state index in [1.807, 2.05) is 42.8 Å². The molecule has 0 N–H and O–H groups in total. The number of fused-ring (bicyclic) bond motifs is 1. The van der Waals surface area contributed by atoms with Gasteiger partial charge in [-0.05, 0) is 18.6 Å². The molecule has 2 heteroatoms. The zero-order chi connectivity index (χ0) is 9.42. The largest absolute Gasteiger partial charge is 0.345 e. The Balaban J connectivity index is 2.88. The second-order valence-electron chi connectivity index (χ2n) is 3.19. The van der Waals surface area contributed by atoms with Crippen molar-refractivity contribution in [2.75, 3.05) is 0 Å². The third-order valence-corrected chi connectivity index (χ3v) is 2.50. The topological polar surface area (TPSA) is 4.93 Å². The molecule has 0 amide bonds. The summed E-state index contributed by atoms with van der Waals surface area (Å²) in [6.45, 7) is 1.97. The van der Waals surface area contributed by atoms with E-state index in [1.54, 1.807) is 0 Å². The van der Waals surface area contributed by atoms with Crippen LogP contribution < -0.4 is 0 Å². The van der Waals surface area contributed by atoms with Crippen molar-refractivity contribution < 1.29 is 4.39 Å². The molecule has 13 heavy (non-hydrogen) atoms. The summed E-state index contributed by atoms with van der Waals surface area (Å²) < 4.78 is 15.6. The Morgan fingerprint density at radius 3 is 2.62 bits per heavy atom. The maximum Gasteiger partial charge on any atom is 0.151 e. The third-order valence-electron chi connectivity index (χ3n) is 2.50. The zero-order valence-corrected chi connectivity index (χ0v) is 7.84. The molecule has 0 aliphatic heterocycles. The number of halogens is 1. The average Bonchev–Trinajstić information content (AvgIpc) is 2.41. The van der Waals surface area contributed by atoms with E-state index in [9.17, 15) is 4.39 Å². The fourth-order valence-corrected chi connectivity index (χ4v) is 1.79. The number of nitrogens with zero attached hydrogens (tertiary/aromatic N) is 1. The van der Waals surface area contributed by atoms with Crippen LogP contribution in [0.1, 0.15) is 12.6 Å². The van der Waals surface area contributed by atoms with Crippen LogP contribution in [0.4, 0.5) is 4.39 Å². The molecule has 0 radical (unpaired) electrons. The molecule has 0 saturated heterocycles. The number of hydrogen-bond donors (Lipinski definition) is 0. The summed E-state index contributed by atoms with van der Waals surface area (Å²) in [6.07, 6.45) is 0.733. The fourth-order valence-electron chi connectivity index (χ4n) is 1.79. The van der Waals surface area contributed by atoms with E-state index < -0.39 is 0 Å². The van der Waals surface area contributed by atoms with E-state index in [4.69, 9.17) is 0 Å². The first-order valence-electron chi connectivity index (χ1n) is 4.47. The van der Waals surface area contributed by atoms with Crippen LogP contribution in [-0.4, -0.2) is 4.57 Å². The van der Waals surface area contributed by atoms with E-state index >= 15 is 0 Å². The van der Waals surface area contributed by atoms with Crippen molar-refractivity contribution in [1.82, 2.24) is 4.57 Å². The number of aromatic nitrogens is 1. The average molecular weight is 177 g/mol. The molecule has 1 aromatic carbocycles. The van der Waals surface area contributed by atoms with Gasteiger partial charge in [-0.25, -0.2) is 4.39 Å². The van der Waals surface area contributed by atoms with E-state index in [0.717, 1.165) is 23.0 Å². The first-order chi connectivity index (χ1) is 6.25. The SMILES string of the molecule is CCc1c(F)c2ccccc2n1C. The molecule has 0 aliphatic carbocycles. The molecule has 0 bridgehead atoms. The lowest BCUT2D eigenvalue weighted by atomic mass is 10.2. The highest BCUT2D eigenvalue weighted by Gasteiger charge is 2.11. The molecule has 0 atom stereocenters. The highest BCUT2D eigenvalue weighted by molar-refractivity contribution is 5.82. The molecule has 0 saturated carbocycles. The zero-order valence-electron chi connectivity index (χ0n) is 7.84. The van der Waals surface area contributed by atoms with Crippen LogP contribution in [-0.2, 0) is 13.5 Å². The maximum absolute atomic E-state index is 13.7. The van der Waals surface area contributed by atoms with Crippen LogP contribution in [0.25, 0.3) is 10.9 Å². The molecular formula is C11H12FN. The minimum Gasteiger partial charge on any atom is -0.345 e. The molecule has 0 fully saturated rings. The van der Waals surface area contributed by atoms with Gasteiger partial charge < -0.3 is 4.57 Å². The van der Waals surface area contributed by atoms with E-state index in [1.165, 1.54) is 0 Å². The summed E-state index contributed by atoms with van der Waals surface area (Å²) >= 11 is 0. The van der Waals surface area contributed by atoms with Crippen LogP contribution in [0.15, 0.2) is 24.3 Å². The minimum atomic E-state index is -0.0689. The molecule has 2 aromatic rings. The molecule has 0 spiro atoms. The monoisotopic (exact) mass is 177 g/mol. The van der Waals surface area contributed by atoms with Crippen LogP contribution in [0.5, 0.6) is 0 Å². The van der Waals surface area contributed by atoms with E-state index in [-0.39, 0.29) is 5.82 Å². The Kier molecular flexibility index (Phi) is 1.83. The molecule has 0 aliphatic rings. The lowest BCUT2D eigenvalue weighted by Crippen LogP contribution is -1.95. The summed E-state index contributed by atoms with van der Waals surface area (Å²) in [6, 6.07) is 7.56. The van der Waals surface area contributed by atoms with Crippen LogP contribution in [0, 0.1) is 5.82 Å². The van der Waals surface area contributed by atoms with E-state index in [2.05, 4.69) is 0 Å². The van der Waals surface area contributed by atoms with Crippen LogP contribution in [0.3, 0.4) is 0 Å². The normalized spacial score (nSPS) is 11.0. The third kappa shape index (κ3) is 1.05. The Morgan fingerprint density at radius 1 is 1.31 bits per heavy atom. The predicted molar refractivity (Wildman–Crippen MR) is 52.3 cm³/mol.